The van der Waals surface area contributed by atoms with Crippen molar-refractivity contribution in [3.8, 4) is 0 Å². The summed E-state index contributed by atoms with van der Waals surface area (Å²) in [5.74, 6) is 2.05. The zero-order valence-electron chi connectivity index (χ0n) is 10.9. The summed E-state index contributed by atoms with van der Waals surface area (Å²) in [4.78, 5) is 0. The van der Waals surface area contributed by atoms with Crippen LogP contribution in [-0.2, 0) is 0 Å². The maximum atomic E-state index is 2.45. The lowest BCUT2D eigenvalue weighted by Gasteiger charge is -2.15. The Balaban J connectivity index is 2.26. The first-order chi connectivity index (χ1) is 7.33. The van der Waals surface area contributed by atoms with Gasteiger partial charge in [-0.25, -0.2) is 0 Å². The van der Waals surface area contributed by atoms with Crippen LogP contribution in [0, 0.1) is 11.8 Å². The molecule has 1 saturated carbocycles. The maximum Gasteiger partial charge on any atom is -0.0414 e. The Morgan fingerprint density at radius 3 is 2.00 bits per heavy atom. The fraction of sp³-hybridized carbons (Fsp3) is 1.00. The summed E-state index contributed by atoms with van der Waals surface area (Å²) in [5, 5.41) is 0. The molecule has 0 radical (unpaired) electrons. The predicted octanol–water partition coefficient (Wildman–Crippen LogP) is 5.56. The second kappa shape index (κ2) is 8.19. The van der Waals surface area contributed by atoms with E-state index in [0.717, 1.165) is 11.8 Å². The van der Waals surface area contributed by atoms with Crippen LogP contribution in [0.3, 0.4) is 0 Å². The minimum Gasteiger partial charge on any atom is -0.0654 e. The van der Waals surface area contributed by atoms with Crippen molar-refractivity contribution in [1.29, 1.82) is 0 Å². The first-order valence-electron chi connectivity index (χ1n) is 7.33. The minimum absolute atomic E-state index is 0.993. The van der Waals surface area contributed by atoms with Gasteiger partial charge in [-0.1, -0.05) is 84.5 Å². The van der Waals surface area contributed by atoms with E-state index in [1.807, 2.05) is 0 Å². The molecule has 1 rings (SSSR count). The summed E-state index contributed by atoms with van der Waals surface area (Å²) >= 11 is 0. The van der Waals surface area contributed by atoms with Crippen molar-refractivity contribution in [2.75, 3.05) is 0 Å². The number of rotatable bonds is 2. The summed E-state index contributed by atoms with van der Waals surface area (Å²) < 4.78 is 0. The van der Waals surface area contributed by atoms with Gasteiger partial charge in [0.1, 0.15) is 0 Å². The smallest absolute Gasteiger partial charge is 0.0414 e. The fourth-order valence-electron chi connectivity index (χ4n) is 3.01. The van der Waals surface area contributed by atoms with Crippen LogP contribution >= 0.6 is 0 Å². The van der Waals surface area contributed by atoms with Crippen LogP contribution in [0.4, 0.5) is 0 Å². The van der Waals surface area contributed by atoms with E-state index >= 15 is 0 Å². The maximum absolute atomic E-state index is 2.45. The summed E-state index contributed by atoms with van der Waals surface area (Å²) in [7, 11) is 0. The van der Waals surface area contributed by atoms with E-state index in [1.54, 1.807) is 0 Å². The fourth-order valence-corrected chi connectivity index (χ4v) is 3.01. The van der Waals surface area contributed by atoms with Crippen molar-refractivity contribution in [2.45, 2.75) is 84.5 Å². The van der Waals surface area contributed by atoms with Crippen LogP contribution in [0.1, 0.15) is 84.5 Å². The molecule has 0 aromatic carbocycles. The van der Waals surface area contributed by atoms with Gasteiger partial charge < -0.3 is 0 Å². The van der Waals surface area contributed by atoms with E-state index in [-0.39, 0.29) is 0 Å². The van der Waals surface area contributed by atoms with Gasteiger partial charge in [0.2, 0.25) is 0 Å². The van der Waals surface area contributed by atoms with Gasteiger partial charge >= 0.3 is 0 Å². The average molecular weight is 210 g/mol. The largest absolute Gasteiger partial charge is 0.0654 e. The SMILES string of the molecule is CCCC1CCCCCC(C)CCCC1. The van der Waals surface area contributed by atoms with Crippen molar-refractivity contribution in [2.24, 2.45) is 11.8 Å². The minimum atomic E-state index is 0.993. The van der Waals surface area contributed by atoms with Gasteiger partial charge in [0, 0.05) is 0 Å². The Bertz CT molecular complexity index is 139. The normalized spacial score (nSPS) is 30.8. The number of hydrogen-bond donors (Lipinski definition) is 0. The van der Waals surface area contributed by atoms with Crippen molar-refractivity contribution in [3.05, 3.63) is 0 Å². The van der Waals surface area contributed by atoms with Crippen LogP contribution in [0.25, 0.3) is 0 Å². The summed E-state index contributed by atoms with van der Waals surface area (Å²) in [6.07, 6.45) is 16.3. The first kappa shape index (κ1) is 13.1. The van der Waals surface area contributed by atoms with Crippen molar-refractivity contribution in [3.63, 3.8) is 0 Å². The van der Waals surface area contributed by atoms with E-state index in [2.05, 4.69) is 13.8 Å². The summed E-state index contributed by atoms with van der Waals surface area (Å²) in [5.41, 5.74) is 0. The Hall–Kier alpha value is 0. The molecule has 1 aliphatic carbocycles. The molecule has 0 amide bonds. The third-order valence-electron chi connectivity index (χ3n) is 4.07. The molecule has 0 spiro atoms. The summed E-state index contributed by atoms with van der Waals surface area (Å²) in [6, 6.07) is 0. The second-order valence-corrected chi connectivity index (χ2v) is 5.68. The standard InChI is InChI=1S/C15H30/c1-3-9-15-12-6-4-5-10-14(2)11-7-8-13-15/h14-15H,3-13H2,1-2H3. The molecule has 1 fully saturated rings. The lowest BCUT2D eigenvalue weighted by Crippen LogP contribution is -2.00. The quantitative estimate of drug-likeness (QED) is 0.559. The molecule has 0 heterocycles. The molecule has 0 saturated heterocycles. The van der Waals surface area contributed by atoms with E-state index in [1.165, 1.54) is 70.6 Å². The second-order valence-electron chi connectivity index (χ2n) is 5.68. The predicted molar refractivity (Wildman–Crippen MR) is 69.1 cm³/mol. The zero-order valence-corrected chi connectivity index (χ0v) is 10.9. The molecular weight excluding hydrogens is 180 g/mol. The third kappa shape index (κ3) is 6.22. The summed E-state index contributed by atoms with van der Waals surface area (Å²) in [6.45, 7) is 4.79. The molecule has 0 nitrogen and oxygen atoms in total. The lowest BCUT2D eigenvalue weighted by molar-refractivity contribution is 0.384. The zero-order chi connectivity index (χ0) is 10.9. The molecule has 0 aliphatic heterocycles. The van der Waals surface area contributed by atoms with E-state index in [9.17, 15) is 0 Å². The van der Waals surface area contributed by atoms with Gasteiger partial charge in [0.05, 0.1) is 0 Å². The molecule has 90 valence electrons. The lowest BCUT2D eigenvalue weighted by atomic mass is 9.91. The molecule has 0 N–H and O–H groups in total. The van der Waals surface area contributed by atoms with Gasteiger partial charge in [-0.3, -0.25) is 0 Å². The highest BCUT2D eigenvalue weighted by Gasteiger charge is 2.10. The molecule has 2 atom stereocenters. The van der Waals surface area contributed by atoms with Crippen LogP contribution in [0.2, 0.25) is 0 Å². The average Bonchev–Trinajstić information content (AvgIpc) is 2.26. The first-order valence-corrected chi connectivity index (χ1v) is 7.33. The van der Waals surface area contributed by atoms with Gasteiger partial charge in [-0.05, 0) is 11.8 Å². The van der Waals surface area contributed by atoms with Gasteiger partial charge in [0.25, 0.3) is 0 Å². The molecule has 1 aliphatic rings. The Kier molecular flexibility index (Phi) is 7.13. The monoisotopic (exact) mass is 210 g/mol. The van der Waals surface area contributed by atoms with Crippen LogP contribution in [0.15, 0.2) is 0 Å². The van der Waals surface area contributed by atoms with Crippen LogP contribution in [0.5, 0.6) is 0 Å². The molecule has 0 heteroatoms. The Labute approximate surface area is 96.8 Å². The highest BCUT2D eigenvalue weighted by Crippen LogP contribution is 2.26. The van der Waals surface area contributed by atoms with Crippen LogP contribution < -0.4 is 0 Å². The Morgan fingerprint density at radius 1 is 0.800 bits per heavy atom. The van der Waals surface area contributed by atoms with Crippen molar-refractivity contribution < 1.29 is 0 Å². The molecular formula is C15H30. The highest BCUT2D eigenvalue weighted by atomic mass is 14.2. The van der Waals surface area contributed by atoms with Gasteiger partial charge in [0.15, 0.2) is 0 Å². The topological polar surface area (TPSA) is 0 Å². The third-order valence-corrected chi connectivity index (χ3v) is 4.07. The van der Waals surface area contributed by atoms with Crippen LogP contribution in [-0.4, -0.2) is 0 Å². The molecule has 0 aromatic rings. The van der Waals surface area contributed by atoms with E-state index in [0.29, 0.717) is 0 Å². The van der Waals surface area contributed by atoms with Gasteiger partial charge in [-0.2, -0.15) is 0 Å². The molecule has 0 bridgehead atoms. The van der Waals surface area contributed by atoms with E-state index < -0.39 is 0 Å². The van der Waals surface area contributed by atoms with Crippen molar-refractivity contribution >= 4 is 0 Å². The van der Waals surface area contributed by atoms with Gasteiger partial charge in [-0.15, -0.1) is 0 Å². The Morgan fingerprint density at radius 2 is 1.33 bits per heavy atom. The highest BCUT2D eigenvalue weighted by molar-refractivity contribution is 4.63. The molecule has 0 aromatic heterocycles. The van der Waals surface area contributed by atoms with E-state index in [4.69, 9.17) is 0 Å². The number of hydrogen-bond acceptors (Lipinski definition) is 0. The van der Waals surface area contributed by atoms with Crippen molar-refractivity contribution in [1.82, 2.24) is 0 Å². The molecule has 2 unspecified atom stereocenters. The molecule has 15 heavy (non-hydrogen) atoms.